The van der Waals surface area contributed by atoms with Gasteiger partial charge < -0.3 is 10.1 Å². The van der Waals surface area contributed by atoms with Gasteiger partial charge in [-0.3, -0.25) is 4.79 Å². The number of fused-ring (bicyclic) bond motifs is 1. The largest absolute Gasteiger partial charge is 0.363 e. The molecule has 2 aromatic rings. The predicted octanol–water partition coefficient (Wildman–Crippen LogP) is 2.90. The maximum Gasteiger partial charge on any atom is 0.253 e. The van der Waals surface area contributed by atoms with E-state index in [0.29, 0.717) is 13.2 Å². The maximum absolute atomic E-state index is 12.3. The SMILES string of the molecule is O=C(NCCCCc1nccs1)C1OCCc2ccccc21. The van der Waals surface area contributed by atoms with E-state index in [0.717, 1.165) is 36.3 Å². The summed E-state index contributed by atoms with van der Waals surface area (Å²) in [6, 6.07) is 8.03. The summed E-state index contributed by atoms with van der Waals surface area (Å²) in [5.41, 5.74) is 2.23. The van der Waals surface area contributed by atoms with Gasteiger partial charge in [0.05, 0.1) is 11.6 Å². The van der Waals surface area contributed by atoms with Gasteiger partial charge in [-0.2, -0.15) is 0 Å². The highest BCUT2D eigenvalue weighted by molar-refractivity contribution is 7.09. The number of hydrogen-bond donors (Lipinski definition) is 1. The normalized spacial score (nSPS) is 17.0. The van der Waals surface area contributed by atoms with Crippen LogP contribution in [0.4, 0.5) is 0 Å². The van der Waals surface area contributed by atoms with Crippen molar-refractivity contribution in [2.45, 2.75) is 31.8 Å². The molecule has 2 heterocycles. The lowest BCUT2D eigenvalue weighted by Crippen LogP contribution is -2.34. The fraction of sp³-hybridized carbons (Fsp3) is 0.412. The summed E-state index contributed by atoms with van der Waals surface area (Å²) >= 11 is 1.68. The Hall–Kier alpha value is -1.72. The van der Waals surface area contributed by atoms with Gasteiger partial charge >= 0.3 is 0 Å². The van der Waals surface area contributed by atoms with Gasteiger partial charge in [-0.25, -0.2) is 4.98 Å². The van der Waals surface area contributed by atoms with E-state index in [1.54, 1.807) is 11.3 Å². The second kappa shape index (κ2) is 7.51. The Balaban J connectivity index is 1.44. The minimum atomic E-state index is -0.455. The number of ether oxygens (including phenoxy) is 1. The molecule has 3 rings (SSSR count). The van der Waals surface area contributed by atoms with Crippen LogP contribution in [0.15, 0.2) is 35.8 Å². The molecule has 0 spiro atoms. The first-order valence-electron chi connectivity index (χ1n) is 7.70. The number of unbranched alkanes of at least 4 members (excludes halogenated alkanes) is 1. The lowest BCUT2D eigenvalue weighted by atomic mass is 9.97. The van der Waals surface area contributed by atoms with Crippen LogP contribution < -0.4 is 5.32 Å². The third kappa shape index (κ3) is 3.72. The summed E-state index contributed by atoms with van der Waals surface area (Å²) in [4.78, 5) is 16.6. The van der Waals surface area contributed by atoms with Crippen LogP contribution in [0.25, 0.3) is 0 Å². The molecule has 4 nitrogen and oxygen atoms in total. The first-order chi connectivity index (χ1) is 10.8. The zero-order chi connectivity index (χ0) is 15.2. The van der Waals surface area contributed by atoms with Crippen molar-refractivity contribution in [3.8, 4) is 0 Å². The van der Waals surface area contributed by atoms with Crippen LogP contribution in [-0.2, 0) is 22.4 Å². The van der Waals surface area contributed by atoms with Crippen molar-refractivity contribution >= 4 is 17.2 Å². The summed E-state index contributed by atoms with van der Waals surface area (Å²) in [6.07, 6.45) is 5.24. The van der Waals surface area contributed by atoms with E-state index in [1.807, 2.05) is 29.8 Å². The van der Waals surface area contributed by atoms with Crippen molar-refractivity contribution < 1.29 is 9.53 Å². The highest BCUT2D eigenvalue weighted by Gasteiger charge is 2.26. The molecule has 0 bridgehead atoms. The molecule has 1 aliphatic rings. The van der Waals surface area contributed by atoms with E-state index in [4.69, 9.17) is 4.74 Å². The van der Waals surface area contributed by atoms with E-state index in [1.165, 1.54) is 5.56 Å². The highest BCUT2D eigenvalue weighted by atomic mass is 32.1. The first-order valence-corrected chi connectivity index (χ1v) is 8.58. The average molecular weight is 316 g/mol. The molecule has 22 heavy (non-hydrogen) atoms. The fourth-order valence-corrected chi connectivity index (χ4v) is 3.36. The van der Waals surface area contributed by atoms with Crippen LogP contribution in [-0.4, -0.2) is 24.0 Å². The highest BCUT2D eigenvalue weighted by Crippen LogP contribution is 2.26. The van der Waals surface area contributed by atoms with Gasteiger partial charge in [-0.15, -0.1) is 11.3 Å². The Bertz CT molecular complexity index is 613. The number of amides is 1. The molecule has 1 unspecified atom stereocenters. The van der Waals surface area contributed by atoms with E-state index < -0.39 is 6.10 Å². The van der Waals surface area contributed by atoms with Crippen LogP contribution in [0, 0.1) is 0 Å². The molecule has 1 amide bonds. The van der Waals surface area contributed by atoms with Gasteiger partial charge in [-0.1, -0.05) is 24.3 Å². The van der Waals surface area contributed by atoms with Crippen molar-refractivity contribution in [3.05, 3.63) is 52.0 Å². The Morgan fingerprint density at radius 2 is 2.27 bits per heavy atom. The lowest BCUT2D eigenvalue weighted by Gasteiger charge is -2.25. The third-order valence-corrected chi connectivity index (χ3v) is 4.67. The molecule has 0 aliphatic carbocycles. The van der Waals surface area contributed by atoms with Crippen molar-refractivity contribution in [1.82, 2.24) is 10.3 Å². The molecule has 1 aromatic heterocycles. The van der Waals surface area contributed by atoms with E-state index >= 15 is 0 Å². The van der Waals surface area contributed by atoms with Crippen LogP contribution in [0.2, 0.25) is 0 Å². The van der Waals surface area contributed by atoms with Crippen LogP contribution in [0.1, 0.15) is 35.1 Å². The molecule has 1 atom stereocenters. The number of rotatable bonds is 6. The summed E-state index contributed by atoms with van der Waals surface area (Å²) in [5, 5.41) is 6.15. The number of thiazole rings is 1. The van der Waals surface area contributed by atoms with E-state index in [-0.39, 0.29) is 5.91 Å². The number of nitrogens with one attached hydrogen (secondary N) is 1. The molecule has 0 radical (unpaired) electrons. The standard InChI is InChI=1S/C17H20N2O2S/c20-17(19-9-4-3-7-15-18-10-12-22-15)16-14-6-2-1-5-13(14)8-11-21-16/h1-2,5-6,10,12,16H,3-4,7-9,11H2,(H,19,20). The fourth-order valence-electron chi connectivity index (χ4n) is 2.69. The number of nitrogens with zero attached hydrogens (tertiary/aromatic N) is 1. The quantitative estimate of drug-likeness (QED) is 0.834. The van der Waals surface area contributed by atoms with Crippen molar-refractivity contribution in [1.29, 1.82) is 0 Å². The minimum absolute atomic E-state index is 0.0265. The van der Waals surface area contributed by atoms with E-state index in [9.17, 15) is 4.79 Å². The molecule has 0 saturated heterocycles. The predicted molar refractivity (Wildman–Crippen MR) is 86.9 cm³/mol. The van der Waals surface area contributed by atoms with Gasteiger partial charge in [0, 0.05) is 18.1 Å². The van der Waals surface area contributed by atoms with Crippen LogP contribution in [0.3, 0.4) is 0 Å². The van der Waals surface area contributed by atoms with Gasteiger partial charge in [0.1, 0.15) is 0 Å². The Labute approximate surface area is 134 Å². The summed E-state index contributed by atoms with van der Waals surface area (Å²) in [7, 11) is 0. The lowest BCUT2D eigenvalue weighted by molar-refractivity contribution is -0.134. The molecule has 5 heteroatoms. The maximum atomic E-state index is 12.3. The monoisotopic (exact) mass is 316 g/mol. The molecular weight excluding hydrogens is 296 g/mol. The number of aryl methyl sites for hydroxylation is 1. The summed E-state index contributed by atoms with van der Waals surface area (Å²) in [5.74, 6) is -0.0265. The van der Waals surface area contributed by atoms with Gasteiger partial charge in [0.15, 0.2) is 6.10 Å². The third-order valence-electron chi connectivity index (χ3n) is 3.83. The second-order valence-electron chi connectivity index (χ2n) is 5.37. The molecule has 1 aromatic carbocycles. The number of hydrogen-bond acceptors (Lipinski definition) is 4. The number of carbonyl (C=O) groups excluding carboxylic acids is 1. The zero-order valence-electron chi connectivity index (χ0n) is 12.5. The Morgan fingerprint density at radius 1 is 1.36 bits per heavy atom. The number of carbonyl (C=O) groups is 1. The molecule has 0 fully saturated rings. The molecular formula is C17H20N2O2S. The number of benzene rings is 1. The average Bonchev–Trinajstić information content (AvgIpc) is 3.07. The topological polar surface area (TPSA) is 51.2 Å². The Morgan fingerprint density at radius 3 is 3.14 bits per heavy atom. The van der Waals surface area contributed by atoms with Crippen LogP contribution in [0.5, 0.6) is 0 Å². The molecule has 116 valence electrons. The minimum Gasteiger partial charge on any atom is -0.363 e. The Kier molecular flexibility index (Phi) is 5.19. The van der Waals surface area contributed by atoms with Crippen molar-refractivity contribution in [2.24, 2.45) is 0 Å². The van der Waals surface area contributed by atoms with Gasteiger partial charge in [0.2, 0.25) is 0 Å². The smallest absolute Gasteiger partial charge is 0.253 e. The van der Waals surface area contributed by atoms with Crippen molar-refractivity contribution in [3.63, 3.8) is 0 Å². The first kappa shape index (κ1) is 15.2. The van der Waals surface area contributed by atoms with E-state index in [2.05, 4.69) is 16.4 Å². The number of aromatic nitrogens is 1. The van der Waals surface area contributed by atoms with Crippen LogP contribution >= 0.6 is 11.3 Å². The van der Waals surface area contributed by atoms with Gasteiger partial charge in [-0.05, 0) is 36.8 Å². The molecule has 1 aliphatic heterocycles. The second-order valence-corrected chi connectivity index (χ2v) is 6.35. The zero-order valence-corrected chi connectivity index (χ0v) is 13.3. The molecule has 0 saturated carbocycles. The molecule has 1 N–H and O–H groups in total. The summed E-state index contributed by atoms with van der Waals surface area (Å²) in [6.45, 7) is 1.30. The van der Waals surface area contributed by atoms with Crippen molar-refractivity contribution in [2.75, 3.05) is 13.2 Å². The van der Waals surface area contributed by atoms with Gasteiger partial charge in [0.25, 0.3) is 5.91 Å². The summed E-state index contributed by atoms with van der Waals surface area (Å²) < 4.78 is 5.66.